The Morgan fingerprint density at radius 1 is 1.35 bits per heavy atom. The topological polar surface area (TPSA) is 124 Å². The second-order valence-electron chi connectivity index (χ2n) is 4.27. The van der Waals surface area contributed by atoms with Gasteiger partial charge in [-0.25, -0.2) is 0 Å². The van der Waals surface area contributed by atoms with Crippen LogP contribution in [-0.4, -0.2) is 28.6 Å². The lowest BCUT2D eigenvalue weighted by atomic mass is 9.93. The lowest BCUT2D eigenvalue weighted by Gasteiger charge is -2.20. The molecule has 0 aliphatic carbocycles. The number of aromatic nitrogens is 2. The van der Waals surface area contributed by atoms with Crippen molar-refractivity contribution in [3.63, 3.8) is 0 Å². The molecule has 1 rings (SSSR count). The summed E-state index contributed by atoms with van der Waals surface area (Å²) in [5, 5.41) is 9.73. The van der Waals surface area contributed by atoms with Crippen molar-refractivity contribution in [1.82, 2.24) is 15.5 Å². The first-order valence-corrected chi connectivity index (χ1v) is 5.00. The second-order valence-corrected chi connectivity index (χ2v) is 4.27. The van der Waals surface area contributed by atoms with Crippen LogP contribution in [0.1, 0.15) is 24.3 Å². The molecule has 0 radical (unpaired) electrons. The minimum Gasteiger partial charge on any atom is -0.382 e. The number of carbonyl (C=O) groups is 2. The van der Waals surface area contributed by atoms with Crippen molar-refractivity contribution < 1.29 is 9.59 Å². The van der Waals surface area contributed by atoms with Crippen LogP contribution in [0.4, 0.5) is 5.82 Å². The molecule has 0 saturated heterocycles. The maximum atomic E-state index is 11.6. The number of nitrogens with one attached hydrogen (secondary N) is 1. The van der Waals surface area contributed by atoms with Gasteiger partial charge in [0.2, 0.25) is 5.91 Å². The fourth-order valence-electron chi connectivity index (χ4n) is 0.943. The number of carbonyl (C=O) groups excluding carboxylic acids is 2. The maximum absolute atomic E-state index is 11.6. The molecule has 2 amide bonds. The molecular formula is C10H15N5O2. The molecule has 92 valence electrons. The predicted molar refractivity (Wildman–Crippen MR) is 61.8 cm³/mol. The summed E-state index contributed by atoms with van der Waals surface area (Å²) in [5.74, 6) is -0.674. The van der Waals surface area contributed by atoms with E-state index in [2.05, 4.69) is 15.5 Å². The van der Waals surface area contributed by atoms with Crippen LogP contribution in [0.5, 0.6) is 0 Å². The lowest BCUT2D eigenvalue weighted by Crippen LogP contribution is -2.42. The van der Waals surface area contributed by atoms with E-state index in [4.69, 9.17) is 11.5 Å². The van der Waals surface area contributed by atoms with Crippen molar-refractivity contribution in [3.8, 4) is 0 Å². The van der Waals surface area contributed by atoms with Crippen molar-refractivity contribution in [2.75, 3.05) is 12.3 Å². The number of rotatable bonds is 4. The molecule has 1 heterocycles. The Labute approximate surface area is 98.6 Å². The van der Waals surface area contributed by atoms with Gasteiger partial charge in [0.1, 0.15) is 5.82 Å². The van der Waals surface area contributed by atoms with Crippen LogP contribution in [0.25, 0.3) is 0 Å². The first-order valence-electron chi connectivity index (χ1n) is 5.00. The molecule has 0 aromatic carbocycles. The maximum Gasteiger partial charge on any atom is 0.271 e. The Morgan fingerprint density at radius 3 is 2.47 bits per heavy atom. The third-order valence-electron chi connectivity index (χ3n) is 2.28. The Kier molecular flexibility index (Phi) is 3.62. The molecule has 17 heavy (non-hydrogen) atoms. The molecule has 0 saturated carbocycles. The largest absolute Gasteiger partial charge is 0.382 e. The summed E-state index contributed by atoms with van der Waals surface area (Å²) in [6.45, 7) is 3.42. The quantitative estimate of drug-likeness (QED) is 0.638. The van der Waals surface area contributed by atoms with Crippen molar-refractivity contribution >= 4 is 17.6 Å². The van der Waals surface area contributed by atoms with Gasteiger partial charge in [0.25, 0.3) is 5.91 Å². The Morgan fingerprint density at radius 2 is 2.00 bits per heavy atom. The molecule has 0 aliphatic rings. The van der Waals surface area contributed by atoms with E-state index >= 15 is 0 Å². The van der Waals surface area contributed by atoms with Crippen LogP contribution >= 0.6 is 0 Å². The Balaban J connectivity index is 2.62. The molecule has 0 aliphatic heterocycles. The van der Waals surface area contributed by atoms with Gasteiger partial charge < -0.3 is 16.8 Å². The van der Waals surface area contributed by atoms with E-state index < -0.39 is 17.2 Å². The van der Waals surface area contributed by atoms with Gasteiger partial charge in [0.05, 0.1) is 5.41 Å². The van der Waals surface area contributed by atoms with Gasteiger partial charge in [0.15, 0.2) is 5.69 Å². The van der Waals surface area contributed by atoms with Crippen LogP contribution in [0.2, 0.25) is 0 Å². The zero-order valence-electron chi connectivity index (χ0n) is 9.73. The third kappa shape index (κ3) is 3.40. The number of amides is 2. The van der Waals surface area contributed by atoms with E-state index in [1.165, 1.54) is 12.1 Å². The Hall–Kier alpha value is -2.18. The number of nitrogens with zero attached hydrogens (tertiary/aromatic N) is 2. The first kappa shape index (κ1) is 12.9. The van der Waals surface area contributed by atoms with E-state index in [0.717, 1.165) is 0 Å². The monoisotopic (exact) mass is 237 g/mol. The first-order chi connectivity index (χ1) is 7.83. The molecule has 0 spiro atoms. The summed E-state index contributed by atoms with van der Waals surface area (Å²) in [6.07, 6.45) is 0. The molecule has 5 N–H and O–H groups in total. The fraction of sp³-hybridized carbons (Fsp3) is 0.400. The zero-order valence-corrected chi connectivity index (χ0v) is 9.73. The smallest absolute Gasteiger partial charge is 0.271 e. The van der Waals surface area contributed by atoms with Gasteiger partial charge in [-0.1, -0.05) is 0 Å². The summed E-state index contributed by atoms with van der Waals surface area (Å²) < 4.78 is 0. The van der Waals surface area contributed by atoms with E-state index in [1.54, 1.807) is 13.8 Å². The molecular weight excluding hydrogens is 222 g/mol. The van der Waals surface area contributed by atoms with Crippen molar-refractivity contribution in [2.24, 2.45) is 11.1 Å². The number of hydrogen-bond donors (Lipinski definition) is 3. The van der Waals surface area contributed by atoms with Gasteiger partial charge in [-0.05, 0) is 26.0 Å². The standard InChI is InChI=1S/C10H15N5O2/c1-10(2,9(12)17)5-13-8(16)6-3-4-7(11)15-14-6/h3-4H,5H2,1-2H3,(H2,11,15)(H2,12,17)(H,13,16). The minimum atomic E-state index is -0.809. The van der Waals surface area contributed by atoms with Gasteiger partial charge in [-0.3, -0.25) is 9.59 Å². The highest BCUT2D eigenvalue weighted by Gasteiger charge is 2.25. The molecule has 0 unspecified atom stereocenters. The SMILES string of the molecule is CC(C)(CNC(=O)c1ccc(N)nn1)C(N)=O. The van der Waals surface area contributed by atoms with Crippen molar-refractivity contribution in [2.45, 2.75) is 13.8 Å². The van der Waals surface area contributed by atoms with Crippen LogP contribution < -0.4 is 16.8 Å². The van der Waals surface area contributed by atoms with Gasteiger partial charge in [-0.2, -0.15) is 0 Å². The Bertz CT molecular complexity index is 427. The summed E-state index contributed by atoms with van der Waals surface area (Å²) in [5.41, 5.74) is 9.85. The summed E-state index contributed by atoms with van der Waals surface area (Å²) in [4.78, 5) is 22.7. The number of anilines is 1. The fourth-order valence-corrected chi connectivity index (χ4v) is 0.943. The zero-order chi connectivity index (χ0) is 13.1. The predicted octanol–water partition coefficient (Wildman–Crippen LogP) is -0.700. The van der Waals surface area contributed by atoms with Crippen LogP contribution in [0.3, 0.4) is 0 Å². The molecule has 7 nitrogen and oxygen atoms in total. The number of primary amides is 1. The minimum absolute atomic E-state index is 0.132. The second kappa shape index (κ2) is 4.77. The van der Waals surface area contributed by atoms with Gasteiger partial charge in [-0.15, -0.1) is 10.2 Å². The van der Waals surface area contributed by atoms with Crippen LogP contribution in [0.15, 0.2) is 12.1 Å². The van der Waals surface area contributed by atoms with E-state index in [-0.39, 0.29) is 18.1 Å². The molecule has 0 bridgehead atoms. The molecule has 0 fully saturated rings. The van der Waals surface area contributed by atoms with E-state index in [9.17, 15) is 9.59 Å². The molecule has 7 heteroatoms. The highest BCUT2D eigenvalue weighted by molar-refractivity contribution is 5.92. The highest BCUT2D eigenvalue weighted by Crippen LogP contribution is 2.12. The molecule has 1 aromatic heterocycles. The summed E-state index contributed by atoms with van der Waals surface area (Å²) >= 11 is 0. The number of nitrogen functional groups attached to an aromatic ring is 1. The third-order valence-corrected chi connectivity index (χ3v) is 2.28. The molecule has 1 aromatic rings. The lowest BCUT2D eigenvalue weighted by molar-refractivity contribution is -0.125. The van der Waals surface area contributed by atoms with Crippen molar-refractivity contribution in [1.29, 1.82) is 0 Å². The normalized spacial score (nSPS) is 10.9. The van der Waals surface area contributed by atoms with Crippen molar-refractivity contribution in [3.05, 3.63) is 17.8 Å². The highest BCUT2D eigenvalue weighted by atomic mass is 16.2. The number of hydrogen-bond acceptors (Lipinski definition) is 5. The summed E-state index contributed by atoms with van der Waals surface area (Å²) in [7, 11) is 0. The van der Waals surface area contributed by atoms with E-state index in [0.29, 0.717) is 0 Å². The van der Waals surface area contributed by atoms with Gasteiger partial charge >= 0.3 is 0 Å². The average molecular weight is 237 g/mol. The van der Waals surface area contributed by atoms with E-state index in [1.807, 2.05) is 0 Å². The van der Waals surface area contributed by atoms with Crippen LogP contribution in [0, 0.1) is 5.41 Å². The van der Waals surface area contributed by atoms with Crippen LogP contribution in [-0.2, 0) is 4.79 Å². The van der Waals surface area contributed by atoms with Gasteiger partial charge in [0, 0.05) is 6.54 Å². The summed E-state index contributed by atoms with van der Waals surface area (Å²) in [6, 6.07) is 2.93. The average Bonchev–Trinajstić information content (AvgIpc) is 2.27. The molecule has 0 atom stereocenters. The number of nitrogens with two attached hydrogens (primary N) is 2.